The van der Waals surface area contributed by atoms with Gasteiger partial charge in [0.05, 0.1) is 18.2 Å². The van der Waals surface area contributed by atoms with Gasteiger partial charge in [-0.05, 0) is 37.5 Å². The second-order valence-corrected chi connectivity index (χ2v) is 7.52. The van der Waals surface area contributed by atoms with Crippen LogP contribution in [-0.2, 0) is 11.3 Å². The first-order valence-electron chi connectivity index (χ1n) is 10.2. The number of carbonyl (C=O) groups is 1. The van der Waals surface area contributed by atoms with Gasteiger partial charge in [-0.2, -0.15) is 5.26 Å². The van der Waals surface area contributed by atoms with E-state index in [9.17, 15) is 9.18 Å². The lowest BCUT2D eigenvalue weighted by atomic mass is 10.1. The summed E-state index contributed by atoms with van der Waals surface area (Å²) in [5.74, 6) is 0.593. The summed E-state index contributed by atoms with van der Waals surface area (Å²) in [6, 6.07) is 6.37. The molecule has 0 radical (unpaired) electrons. The van der Waals surface area contributed by atoms with Crippen molar-refractivity contribution in [3.8, 4) is 6.07 Å². The standard InChI is InChI=1S/C21H29FN6O.HI/c1-24-21(25-15-18-13-17(14-23)5-6-19(18)22)28-11-9-26(10-12-28)16-20(29)27-7-3-2-4-8-27;/h5-6,13H,2-4,7-12,15-16H2,1H3,(H,24,25);1H. The van der Waals surface area contributed by atoms with E-state index in [1.165, 1.54) is 18.6 Å². The summed E-state index contributed by atoms with van der Waals surface area (Å²) in [5, 5.41) is 12.2. The van der Waals surface area contributed by atoms with Crippen LogP contribution < -0.4 is 5.32 Å². The molecule has 2 fully saturated rings. The Morgan fingerprint density at radius 2 is 1.83 bits per heavy atom. The molecule has 3 rings (SSSR count). The lowest BCUT2D eigenvalue weighted by Gasteiger charge is -2.37. The van der Waals surface area contributed by atoms with Crippen LogP contribution in [0.15, 0.2) is 23.2 Å². The molecule has 0 spiro atoms. The van der Waals surface area contributed by atoms with Crippen molar-refractivity contribution in [3.05, 3.63) is 35.1 Å². The van der Waals surface area contributed by atoms with E-state index in [0.29, 0.717) is 23.6 Å². The zero-order valence-corrected chi connectivity index (χ0v) is 19.8. The Morgan fingerprint density at radius 1 is 1.13 bits per heavy atom. The van der Waals surface area contributed by atoms with E-state index >= 15 is 0 Å². The van der Waals surface area contributed by atoms with Gasteiger partial charge in [0.2, 0.25) is 5.91 Å². The average Bonchev–Trinajstić information content (AvgIpc) is 2.77. The molecule has 0 saturated carbocycles. The molecule has 30 heavy (non-hydrogen) atoms. The van der Waals surface area contributed by atoms with E-state index in [0.717, 1.165) is 52.1 Å². The van der Waals surface area contributed by atoms with E-state index in [4.69, 9.17) is 5.26 Å². The molecule has 0 aromatic heterocycles. The highest BCUT2D eigenvalue weighted by Gasteiger charge is 2.24. The Morgan fingerprint density at radius 3 is 2.47 bits per heavy atom. The highest BCUT2D eigenvalue weighted by atomic mass is 127. The number of aliphatic imine (C=N–C) groups is 1. The van der Waals surface area contributed by atoms with Crippen molar-refractivity contribution < 1.29 is 9.18 Å². The topological polar surface area (TPSA) is 75.0 Å². The molecular formula is C21H30FIN6O. The van der Waals surface area contributed by atoms with Crippen molar-refractivity contribution in [1.82, 2.24) is 20.0 Å². The molecule has 0 unspecified atom stereocenters. The van der Waals surface area contributed by atoms with Crippen molar-refractivity contribution in [2.45, 2.75) is 25.8 Å². The van der Waals surface area contributed by atoms with Crippen LogP contribution in [0.5, 0.6) is 0 Å². The van der Waals surface area contributed by atoms with Crippen LogP contribution in [0.1, 0.15) is 30.4 Å². The van der Waals surface area contributed by atoms with Crippen molar-refractivity contribution >= 4 is 35.8 Å². The van der Waals surface area contributed by atoms with E-state index < -0.39 is 0 Å². The highest BCUT2D eigenvalue weighted by Crippen LogP contribution is 2.12. The quantitative estimate of drug-likeness (QED) is 0.368. The highest BCUT2D eigenvalue weighted by molar-refractivity contribution is 14.0. The summed E-state index contributed by atoms with van der Waals surface area (Å²) in [7, 11) is 1.71. The predicted molar refractivity (Wildman–Crippen MR) is 125 cm³/mol. The Labute approximate surface area is 194 Å². The number of hydrogen-bond acceptors (Lipinski definition) is 4. The summed E-state index contributed by atoms with van der Waals surface area (Å²) < 4.78 is 14.0. The summed E-state index contributed by atoms with van der Waals surface area (Å²) >= 11 is 0. The van der Waals surface area contributed by atoms with Crippen molar-refractivity contribution in [1.29, 1.82) is 5.26 Å². The van der Waals surface area contributed by atoms with Crippen LogP contribution in [0, 0.1) is 17.1 Å². The third-order valence-electron chi connectivity index (χ3n) is 5.56. The van der Waals surface area contributed by atoms with E-state index in [2.05, 4.69) is 20.1 Å². The molecule has 0 bridgehead atoms. The maximum Gasteiger partial charge on any atom is 0.236 e. The number of amides is 1. The van der Waals surface area contributed by atoms with E-state index in [-0.39, 0.29) is 42.2 Å². The van der Waals surface area contributed by atoms with Crippen LogP contribution in [0.3, 0.4) is 0 Å². The number of likely N-dealkylation sites (tertiary alicyclic amines) is 1. The van der Waals surface area contributed by atoms with E-state index in [1.54, 1.807) is 13.1 Å². The first-order valence-corrected chi connectivity index (χ1v) is 10.2. The Balaban J connectivity index is 0.00000320. The van der Waals surface area contributed by atoms with Crippen molar-refractivity contribution in [2.24, 2.45) is 4.99 Å². The minimum Gasteiger partial charge on any atom is -0.352 e. The Kier molecular flexibility index (Phi) is 9.78. The second kappa shape index (κ2) is 12.1. The van der Waals surface area contributed by atoms with E-state index in [1.807, 2.05) is 11.0 Å². The second-order valence-electron chi connectivity index (χ2n) is 7.52. The van der Waals surface area contributed by atoms with Crippen molar-refractivity contribution in [2.75, 3.05) is 52.9 Å². The summed E-state index contributed by atoms with van der Waals surface area (Å²) in [6.45, 7) is 5.62. The smallest absolute Gasteiger partial charge is 0.236 e. The molecule has 2 heterocycles. The number of benzene rings is 1. The number of nitrogens with one attached hydrogen (secondary N) is 1. The van der Waals surface area contributed by atoms with Gasteiger partial charge in [0.1, 0.15) is 5.82 Å². The zero-order valence-electron chi connectivity index (χ0n) is 17.4. The minimum absolute atomic E-state index is 0. The molecule has 1 aromatic rings. The molecular weight excluding hydrogens is 498 g/mol. The number of guanidine groups is 1. The zero-order chi connectivity index (χ0) is 20.6. The molecule has 7 nitrogen and oxygen atoms in total. The molecule has 2 saturated heterocycles. The van der Waals surface area contributed by atoms with Crippen LogP contribution in [-0.4, -0.2) is 79.4 Å². The van der Waals surface area contributed by atoms with Gasteiger partial charge >= 0.3 is 0 Å². The van der Waals surface area contributed by atoms with Gasteiger partial charge in [0.25, 0.3) is 0 Å². The molecule has 164 valence electrons. The third kappa shape index (κ3) is 6.54. The molecule has 2 aliphatic rings. The first-order chi connectivity index (χ1) is 14.1. The van der Waals surface area contributed by atoms with Gasteiger partial charge in [-0.3, -0.25) is 14.7 Å². The number of carbonyl (C=O) groups excluding carboxylic acids is 1. The minimum atomic E-state index is -0.340. The molecule has 2 aliphatic heterocycles. The van der Waals surface area contributed by atoms with Gasteiger partial charge < -0.3 is 15.1 Å². The maximum atomic E-state index is 14.0. The number of piperidine rings is 1. The first kappa shape index (κ1) is 24.3. The molecule has 0 aliphatic carbocycles. The van der Waals surface area contributed by atoms with Crippen LogP contribution in [0.25, 0.3) is 0 Å². The maximum absolute atomic E-state index is 14.0. The van der Waals surface area contributed by atoms with Gasteiger partial charge in [-0.15, -0.1) is 24.0 Å². The third-order valence-corrected chi connectivity index (χ3v) is 5.56. The van der Waals surface area contributed by atoms with Crippen molar-refractivity contribution in [3.63, 3.8) is 0 Å². The largest absolute Gasteiger partial charge is 0.352 e. The fourth-order valence-corrected chi connectivity index (χ4v) is 3.84. The van der Waals surface area contributed by atoms with Crippen LogP contribution in [0.4, 0.5) is 4.39 Å². The number of rotatable bonds is 4. The van der Waals surface area contributed by atoms with Crippen LogP contribution >= 0.6 is 24.0 Å². The van der Waals surface area contributed by atoms with Gasteiger partial charge in [-0.1, -0.05) is 0 Å². The van der Waals surface area contributed by atoms with Gasteiger partial charge in [0.15, 0.2) is 5.96 Å². The average molecular weight is 528 g/mol. The summed E-state index contributed by atoms with van der Waals surface area (Å²) in [4.78, 5) is 23.1. The fraction of sp³-hybridized carbons (Fsp3) is 0.571. The van der Waals surface area contributed by atoms with Crippen LogP contribution in [0.2, 0.25) is 0 Å². The summed E-state index contributed by atoms with van der Waals surface area (Å²) in [5.41, 5.74) is 0.876. The fourth-order valence-electron chi connectivity index (χ4n) is 3.84. The Hall–Kier alpha value is -1.93. The predicted octanol–water partition coefficient (Wildman–Crippen LogP) is 2.02. The number of piperazine rings is 1. The number of nitrogens with zero attached hydrogens (tertiary/aromatic N) is 5. The number of halogens is 2. The van der Waals surface area contributed by atoms with Gasteiger partial charge in [0, 0.05) is 58.4 Å². The number of nitriles is 1. The SMILES string of the molecule is CN=C(NCc1cc(C#N)ccc1F)N1CCN(CC(=O)N2CCCCC2)CC1.I. The molecule has 1 amide bonds. The molecule has 0 atom stereocenters. The number of hydrogen-bond donors (Lipinski definition) is 1. The molecule has 1 N–H and O–H groups in total. The van der Waals surface area contributed by atoms with Gasteiger partial charge in [-0.25, -0.2) is 4.39 Å². The summed E-state index contributed by atoms with van der Waals surface area (Å²) in [6.07, 6.45) is 3.44. The molecule has 9 heteroatoms. The molecule has 1 aromatic carbocycles. The monoisotopic (exact) mass is 528 g/mol. The lowest BCUT2D eigenvalue weighted by Crippen LogP contribution is -2.54. The Bertz CT molecular complexity index is 782. The normalized spacial score (nSPS) is 17.8. The lowest BCUT2D eigenvalue weighted by molar-refractivity contribution is -0.133.